The monoisotopic (exact) mass is 322 g/mol. The van der Waals surface area contributed by atoms with Crippen molar-refractivity contribution < 1.29 is 4.79 Å². The second kappa shape index (κ2) is 6.24. The van der Waals surface area contributed by atoms with Gasteiger partial charge >= 0.3 is 122 Å². The Morgan fingerprint density at radius 1 is 1.11 bits per heavy atom. The minimum atomic E-state index is 0.534. The number of benzene rings is 1. The molecule has 1 unspecified atom stereocenters. The van der Waals surface area contributed by atoms with E-state index in [1.165, 1.54) is 29.0 Å². The quantitative estimate of drug-likeness (QED) is 0.781. The van der Waals surface area contributed by atoms with E-state index in [1.54, 1.807) is 0 Å². The van der Waals surface area contributed by atoms with E-state index in [0.29, 0.717) is 20.7 Å². The van der Waals surface area contributed by atoms with Gasteiger partial charge in [-0.05, 0) is 0 Å². The fourth-order valence-electron chi connectivity index (χ4n) is 3.79. The van der Waals surface area contributed by atoms with Crippen molar-refractivity contribution in [3.63, 3.8) is 0 Å². The van der Waals surface area contributed by atoms with E-state index in [1.807, 2.05) is 0 Å². The fourth-order valence-corrected chi connectivity index (χ4v) is 6.24. The topological polar surface area (TPSA) is 17.1 Å². The number of fused-ring (bicyclic) bond motifs is 1. The third-order valence-electron chi connectivity index (χ3n) is 4.82. The van der Waals surface area contributed by atoms with Crippen LogP contribution < -0.4 is 4.46 Å². The van der Waals surface area contributed by atoms with Gasteiger partial charge < -0.3 is 0 Å². The predicted octanol–water partition coefficient (Wildman–Crippen LogP) is 3.22. The van der Waals surface area contributed by atoms with Crippen LogP contribution in [0.4, 0.5) is 0 Å². The molecule has 2 aliphatic rings. The zero-order valence-electron chi connectivity index (χ0n) is 11.4. The average molecular weight is 321 g/mol. The van der Waals surface area contributed by atoms with Gasteiger partial charge in [0, 0.05) is 0 Å². The first-order valence-corrected chi connectivity index (χ1v) is 9.59. The second-order valence-electron chi connectivity index (χ2n) is 6.02. The van der Waals surface area contributed by atoms with Crippen molar-refractivity contribution in [2.24, 2.45) is 17.8 Å². The van der Waals surface area contributed by atoms with Gasteiger partial charge in [0.05, 0.1) is 0 Å². The third-order valence-corrected chi connectivity index (χ3v) is 7.34. The Labute approximate surface area is 122 Å². The molecule has 2 saturated carbocycles. The molecular weight excluding hydrogens is 299 g/mol. The average Bonchev–Trinajstić information content (AvgIpc) is 2.70. The van der Waals surface area contributed by atoms with Crippen LogP contribution in [-0.4, -0.2) is 20.7 Å². The SMILES string of the molecule is O=C1CCCC2CC[C@H](C[Se]c3ccccc3)[C@@H]2C1. The molecule has 0 saturated heterocycles. The van der Waals surface area contributed by atoms with Crippen molar-refractivity contribution in [2.45, 2.75) is 43.8 Å². The summed E-state index contributed by atoms with van der Waals surface area (Å²) in [6, 6.07) is 10.9. The zero-order valence-corrected chi connectivity index (χ0v) is 13.1. The molecule has 0 heterocycles. The van der Waals surface area contributed by atoms with Crippen LogP contribution in [0.2, 0.25) is 5.32 Å². The van der Waals surface area contributed by atoms with E-state index in [9.17, 15) is 4.79 Å². The Balaban J connectivity index is 1.60. The van der Waals surface area contributed by atoms with Crippen LogP contribution in [0.3, 0.4) is 0 Å². The Kier molecular flexibility index (Phi) is 4.40. The van der Waals surface area contributed by atoms with Crippen molar-refractivity contribution in [1.82, 2.24) is 0 Å². The molecule has 1 aromatic rings. The number of carbonyl (C=O) groups excluding carboxylic acids is 1. The summed E-state index contributed by atoms with van der Waals surface area (Å²) in [5.41, 5.74) is 0. The number of Topliss-reactive ketones (excluding diaryl/α,β-unsaturated/α-hetero) is 1. The van der Waals surface area contributed by atoms with E-state index >= 15 is 0 Å². The molecule has 2 aliphatic carbocycles. The Morgan fingerprint density at radius 2 is 1.95 bits per heavy atom. The van der Waals surface area contributed by atoms with Gasteiger partial charge in [-0.15, -0.1) is 0 Å². The summed E-state index contributed by atoms with van der Waals surface area (Å²) >= 11 is 0.593. The Morgan fingerprint density at radius 3 is 2.79 bits per heavy atom. The van der Waals surface area contributed by atoms with Gasteiger partial charge in [0.2, 0.25) is 0 Å². The van der Waals surface area contributed by atoms with E-state index in [4.69, 9.17) is 0 Å². The molecule has 0 spiro atoms. The van der Waals surface area contributed by atoms with Crippen LogP contribution >= 0.6 is 0 Å². The van der Waals surface area contributed by atoms with Gasteiger partial charge in [-0.2, -0.15) is 0 Å². The maximum absolute atomic E-state index is 11.9. The van der Waals surface area contributed by atoms with Crippen LogP contribution in [-0.2, 0) is 4.79 Å². The van der Waals surface area contributed by atoms with E-state index in [-0.39, 0.29) is 0 Å². The van der Waals surface area contributed by atoms with Crippen LogP contribution in [0.5, 0.6) is 0 Å². The Bertz CT molecular complexity index is 428. The summed E-state index contributed by atoms with van der Waals surface area (Å²) < 4.78 is 1.51. The summed E-state index contributed by atoms with van der Waals surface area (Å²) in [4.78, 5) is 11.9. The van der Waals surface area contributed by atoms with Crippen molar-refractivity contribution in [1.29, 1.82) is 0 Å². The van der Waals surface area contributed by atoms with Gasteiger partial charge in [0.1, 0.15) is 0 Å². The number of hydrogen-bond donors (Lipinski definition) is 0. The molecule has 0 bridgehead atoms. The number of carbonyl (C=O) groups is 1. The first-order valence-electron chi connectivity index (χ1n) is 7.52. The number of ketones is 1. The van der Waals surface area contributed by atoms with Crippen molar-refractivity contribution in [3.8, 4) is 0 Å². The van der Waals surface area contributed by atoms with Gasteiger partial charge in [-0.3, -0.25) is 0 Å². The van der Waals surface area contributed by atoms with Crippen LogP contribution in [0.25, 0.3) is 0 Å². The first-order chi connectivity index (χ1) is 9.33. The van der Waals surface area contributed by atoms with Gasteiger partial charge in [-0.1, -0.05) is 0 Å². The van der Waals surface area contributed by atoms with E-state index in [2.05, 4.69) is 30.3 Å². The molecule has 0 amide bonds. The molecule has 2 fully saturated rings. The molecule has 19 heavy (non-hydrogen) atoms. The zero-order chi connectivity index (χ0) is 13.1. The number of hydrogen-bond acceptors (Lipinski definition) is 1. The molecule has 3 rings (SSSR count). The molecular formula is C17H22OSe. The fraction of sp³-hybridized carbons (Fsp3) is 0.588. The Hall–Kier alpha value is -0.591. The summed E-state index contributed by atoms with van der Waals surface area (Å²) in [6.07, 6.45) is 6.95. The molecule has 0 aromatic heterocycles. The summed E-state index contributed by atoms with van der Waals surface area (Å²) in [5.74, 6) is 2.95. The molecule has 102 valence electrons. The maximum atomic E-state index is 11.9. The predicted molar refractivity (Wildman–Crippen MR) is 79.8 cm³/mol. The molecule has 0 radical (unpaired) electrons. The summed E-state index contributed by atoms with van der Waals surface area (Å²) in [7, 11) is 0. The van der Waals surface area contributed by atoms with Crippen molar-refractivity contribution in [3.05, 3.63) is 30.3 Å². The van der Waals surface area contributed by atoms with Crippen LogP contribution in [0.15, 0.2) is 30.3 Å². The van der Waals surface area contributed by atoms with Gasteiger partial charge in [0.15, 0.2) is 0 Å². The van der Waals surface area contributed by atoms with Gasteiger partial charge in [-0.25, -0.2) is 0 Å². The molecule has 1 aromatic carbocycles. The third kappa shape index (κ3) is 3.30. The van der Waals surface area contributed by atoms with Crippen molar-refractivity contribution in [2.75, 3.05) is 0 Å². The molecule has 2 heteroatoms. The van der Waals surface area contributed by atoms with Crippen LogP contribution in [0.1, 0.15) is 38.5 Å². The second-order valence-corrected chi connectivity index (χ2v) is 8.31. The van der Waals surface area contributed by atoms with Crippen LogP contribution in [0, 0.1) is 17.8 Å². The summed E-state index contributed by atoms with van der Waals surface area (Å²) in [5, 5.41) is 1.34. The molecule has 0 aliphatic heterocycles. The molecule has 1 nitrogen and oxygen atoms in total. The van der Waals surface area contributed by atoms with E-state index < -0.39 is 0 Å². The molecule has 3 atom stereocenters. The van der Waals surface area contributed by atoms with Crippen molar-refractivity contribution >= 4 is 25.2 Å². The van der Waals surface area contributed by atoms with E-state index in [0.717, 1.165) is 37.0 Å². The summed E-state index contributed by atoms with van der Waals surface area (Å²) in [6.45, 7) is 0. The standard InChI is InChI=1S/C17H22OSe/c18-15-6-4-5-13-9-10-14(17(13)11-15)12-19-16-7-2-1-3-8-16/h1-3,7-8,13-14,17H,4-6,9-12H2/t13?,14-,17-/m1/s1. The molecule has 0 N–H and O–H groups in total. The normalized spacial score (nSPS) is 30.9. The van der Waals surface area contributed by atoms with Gasteiger partial charge in [0.25, 0.3) is 0 Å². The first kappa shape index (κ1) is 13.4. The minimum absolute atomic E-state index is 0.534. The number of rotatable bonds is 3.